The molecule has 3 aromatic rings. The number of benzene rings is 2. The summed E-state index contributed by atoms with van der Waals surface area (Å²) < 4.78 is 11.3. The number of hydrogen-bond acceptors (Lipinski definition) is 4. The van der Waals surface area contributed by atoms with Crippen molar-refractivity contribution >= 4 is 33.5 Å². The highest BCUT2D eigenvalue weighted by Crippen LogP contribution is 2.21. The van der Waals surface area contributed by atoms with E-state index >= 15 is 0 Å². The van der Waals surface area contributed by atoms with E-state index in [0.717, 1.165) is 15.6 Å². The van der Waals surface area contributed by atoms with Crippen molar-refractivity contribution in [2.45, 2.75) is 13.5 Å². The van der Waals surface area contributed by atoms with E-state index in [9.17, 15) is 9.59 Å². The number of ether oxygens (including phenoxy) is 1. The van der Waals surface area contributed by atoms with Crippen LogP contribution in [-0.4, -0.2) is 11.9 Å². The van der Waals surface area contributed by atoms with Gasteiger partial charge in [0.2, 0.25) is 0 Å². The smallest absolute Gasteiger partial charge is 0.338 e. The topological polar surface area (TPSA) is 68.5 Å². The molecule has 2 aromatic carbocycles. The lowest BCUT2D eigenvalue weighted by Crippen LogP contribution is -2.13. The molecule has 26 heavy (non-hydrogen) atoms. The summed E-state index contributed by atoms with van der Waals surface area (Å²) >= 11 is 3.42. The first-order valence-electron chi connectivity index (χ1n) is 7.90. The van der Waals surface area contributed by atoms with Crippen molar-refractivity contribution in [1.29, 1.82) is 0 Å². The second-order valence-electron chi connectivity index (χ2n) is 5.63. The van der Waals surface area contributed by atoms with Gasteiger partial charge in [-0.3, -0.25) is 4.79 Å². The lowest BCUT2D eigenvalue weighted by atomic mass is 10.1. The van der Waals surface area contributed by atoms with Crippen molar-refractivity contribution in [1.82, 2.24) is 0 Å². The molecule has 1 amide bonds. The fourth-order valence-corrected chi connectivity index (χ4v) is 2.72. The summed E-state index contributed by atoms with van der Waals surface area (Å²) in [7, 11) is 0. The number of esters is 1. The molecular formula is C20H16BrNO4. The Balaban J connectivity index is 1.71. The van der Waals surface area contributed by atoms with Gasteiger partial charge in [-0.2, -0.15) is 0 Å². The Morgan fingerprint density at radius 1 is 1.12 bits per heavy atom. The van der Waals surface area contributed by atoms with Gasteiger partial charge in [0, 0.05) is 15.7 Å². The van der Waals surface area contributed by atoms with Crippen LogP contribution >= 0.6 is 15.9 Å². The Kier molecular flexibility index (Phi) is 5.53. The second kappa shape index (κ2) is 8.01. The molecule has 6 heteroatoms. The van der Waals surface area contributed by atoms with Crippen LogP contribution in [0.3, 0.4) is 0 Å². The summed E-state index contributed by atoms with van der Waals surface area (Å²) in [6, 6.07) is 15.8. The van der Waals surface area contributed by atoms with E-state index in [1.807, 2.05) is 31.2 Å². The monoisotopic (exact) mass is 413 g/mol. The van der Waals surface area contributed by atoms with Gasteiger partial charge in [-0.1, -0.05) is 40.2 Å². The summed E-state index contributed by atoms with van der Waals surface area (Å²) in [4.78, 5) is 24.5. The third-order valence-electron chi connectivity index (χ3n) is 3.78. The molecule has 1 aromatic heterocycles. The highest BCUT2D eigenvalue weighted by atomic mass is 79.9. The first-order chi connectivity index (χ1) is 12.5. The lowest BCUT2D eigenvalue weighted by Gasteiger charge is -2.10. The molecule has 0 atom stereocenters. The average Bonchev–Trinajstić information content (AvgIpc) is 3.17. The molecule has 0 bridgehead atoms. The van der Waals surface area contributed by atoms with Gasteiger partial charge in [0.1, 0.15) is 6.61 Å². The molecule has 0 fully saturated rings. The third kappa shape index (κ3) is 4.21. The number of anilines is 1. The largest absolute Gasteiger partial charge is 0.459 e. The van der Waals surface area contributed by atoms with Crippen LogP contribution in [0.4, 0.5) is 5.69 Å². The van der Waals surface area contributed by atoms with Gasteiger partial charge in [0.05, 0.1) is 11.8 Å². The quantitative estimate of drug-likeness (QED) is 0.600. The standard InChI is InChI=1S/C20H16BrNO4/c1-13-8-9-14(11-17(13)22-19(23)18-7-4-10-25-18)20(24)26-12-15-5-2-3-6-16(15)21/h2-11H,12H2,1H3,(H,22,23). The fraction of sp³-hybridized carbons (Fsp3) is 0.100. The Hall–Kier alpha value is -2.86. The molecule has 0 unspecified atom stereocenters. The number of furan rings is 1. The molecule has 3 rings (SSSR count). The number of nitrogens with one attached hydrogen (secondary N) is 1. The maximum absolute atomic E-state index is 12.3. The zero-order valence-corrected chi connectivity index (χ0v) is 15.6. The van der Waals surface area contributed by atoms with Gasteiger partial charge >= 0.3 is 5.97 Å². The molecule has 1 heterocycles. The maximum atomic E-state index is 12.3. The van der Waals surface area contributed by atoms with Crippen LogP contribution in [0, 0.1) is 6.92 Å². The SMILES string of the molecule is Cc1ccc(C(=O)OCc2ccccc2Br)cc1NC(=O)c1ccco1. The van der Waals surface area contributed by atoms with E-state index < -0.39 is 5.97 Å². The number of amides is 1. The molecular weight excluding hydrogens is 398 g/mol. The molecule has 0 saturated heterocycles. The van der Waals surface area contributed by atoms with Crippen molar-refractivity contribution in [2.75, 3.05) is 5.32 Å². The van der Waals surface area contributed by atoms with Gasteiger partial charge in [-0.25, -0.2) is 4.79 Å². The van der Waals surface area contributed by atoms with Crippen molar-refractivity contribution in [2.24, 2.45) is 0 Å². The van der Waals surface area contributed by atoms with E-state index in [-0.39, 0.29) is 18.3 Å². The molecule has 0 spiro atoms. The van der Waals surface area contributed by atoms with E-state index in [2.05, 4.69) is 21.2 Å². The van der Waals surface area contributed by atoms with Gasteiger partial charge in [0.25, 0.3) is 5.91 Å². The summed E-state index contributed by atoms with van der Waals surface area (Å²) in [6.45, 7) is 2.00. The highest BCUT2D eigenvalue weighted by Gasteiger charge is 2.14. The zero-order valence-electron chi connectivity index (χ0n) is 14.0. The van der Waals surface area contributed by atoms with Crippen LogP contribution < -0.4 is 5.32 Å². The molecule has 0 aliphatic rings. The third-order valence-corrected chi connectivity index (χ3v) is 4.56. The van der Waals surface area contributed by atoms with Crippen LogP contribution in [0.15, 0.2) is 69.8 Å². The molecule has 0 radical (unpaired) electrons. The minimum absolute atomic E-state index is 0.155. The first-order valence-corrected chi connectivity index (χ1v) is 8.70. The van der Waals surface area contributed by atoms with Crippen LogP contribution in [-0.2, 0) is 11.3 Å². The van der Waals surface area contributed by atoms with Gasteiger partial charge in [-0.15, -0.1) is 0 Å². The highest BCUT2D eigenvalue weighted by molar-refractivity contribution is 9.10. The summed E-state index contributed by atoms with van der Waals surface area (Å²) in [5, 5.41) is 2.74. The average molecular weight is 414 g/mol. The normalized spacial score (nSPS) is 10.4. The molecule has 0 saturated carbocycles. The summed E-state index contributed by atoms with van der Waals surface area (Å²) in [6.07, 6.45) is 1.43. The number of rotatable bonds is 5. The minimum atomic E-state index is -0.464. The van der Waals surface area contributed by atoms with Crippen molar-refractivity contribution in [3.05, 3.63) is 87.8 Å². The predicted molar refractivity (Wildman–Crippen MR) is 101 cm³/mol. The van der Waals surface area contributed by atoms with Crippen molar-refractivity contribution in [3.63, 3.8) is 0 Å². The van der Waals surface area contributed by atoms with Gasteiger partial charge in [-0.05, 0) is 42.8 Å². The van der Waals surface area contributed by atoms with E-state index in [1.165, 1.54) is 6.26 Å². The van der Waals surface area contributed by atoms with E-state index in [1.54, 1.807) is 30.3 Å². The molecule has 1 N–H and O–H groups in total. The van der Waals surface area contributed by atoms with Crippen molar-refractivity contribution < 1.29 is 18.7 Å². The van der Waals surface area contributed by atoms with E-state index in [0.29, 0.717) is 11.3 Å². The van der Waals surface area contributed by atoms with Crippen molar-refractivity contribution in [3.8, 4) is 0 Å². The Labute approximate surface area is 159 Å². The Bertz CT molecular complexity index is 935. The number of aryl methyl sites for hydroxylation is 1. The van der Waals surface area contributed by atoms with Crippen LogP contribution in [0.2, 0.25) is 0 Å². The fourth-order valence-electron chi connectivity index (χ4n) is 2.32. The number of carbonyl (C=O) groups is 2. The molecule has 0 aliphatic carbocycles. The van der Waals surface area contributed by atoms with Crippen LogP contribution in [0.5, 0.6) is 0 Å². The number of carbonyl (C=O) groups excluding carboxylic acids is 2. The minimum Gasteiger partial charge on any atom is -0.459 e. The van der Waals surface area contributed by atoms with Crippen LogP contribution in [0.1, 0.15) is 32.0 Å². The van der Waals surface area contributed by atoms with Crippen LogP contribution in [0.25, 0.3) is 0 Å². The Morgan fingerprint density at radius 2 is 1.92 bits per heavy atom. The molecule has 5 nitrogen and oxygen atoms in total. The number of hydrogen-bond donors (Lipinski definition) is 1. The second-order valence-corrected chi connectivity index (χ2v) is 6.48. The molecule has 132 valence electrons. The number of halogens is 1. The molecule has 0 aliphatic heterocycles. The van der Waals surface area contributed by atoms with Gasteiger partial charge < -0.3 is 14.5 Å². The predicted octanol–water partition coefficient (Wildman–Crippen LogP) is 4.96. The lowest BCUT2D eigenvalue weighted by molar-refractivity contribution is 0.0472. The zero-order chi connectivity index (χ0) is 18.5. The maximum Gasteiger partial charge on any atom is 0.338 e. The Morgan fingerprint density at radius 3 is 2.65 bits per heavy atom. The van der Waals surface area contributed by atoms with Gasteiger partial charge in [0.15, 0.2) is 5.76 Å². The first kappa shape index (κ1) is 17.9. The van der Waals surface area contributed by atoms with E-state index in [4.69, 9.17) is 9.15 Å². The summed E-state index contributed by atoms with van der Waals surface area (Å²) in [5.74, 6) is -0.641. The summed E-state index contributed by atoms with van der Waals surface area (Å²) in [5.41, 5.74) is 2.59.